The molecule has 0 fully saturated rings. The first-order valence-corrected chi connectivity index (χ1v) is 16.2. The molecule has 0 bridgehead atoms. The zero-order valence-electron chi connectivity index (χ0n) is 29.8. The molecule has 0 aliphatic rings. The zero-order valence-corrected chi connectivity index (χ0v) is 29.8. The summed E-state index contributed by atoms with van der Waals surface area (Å²) in [5.41, 5.74) is -0.222. The minimum absolute atomic E-state index is 0.00577. The Morgan fingerprint density at radius 2 is 0.385 bits per heavy atom. The van der Waals surface area contributed by atoms with Gasteiger partial charge in [-0.05, 0) is 66.5 Å². The summed E-state index contributed by atoms with van der Waals surface area (Å²) in [5, 5.41) is 133. The molecule has 274 valence electrons. The average Bonchev–Trinajstić information content (AvgIpc) is 3.13. The zero-order chi connectivity index (χ0) is 39.0. The quantitative estimate of drug-likeness (QED) is 0.0797. The van der Waals surface area contributed by atoms with E-state index >= 15 is 0 Å². The lowest BCUT2D eigenvalue weighted by molar-refractivity contribution is 0.395. The fraction of sp³-hybridized carbons (Fsp3) is 0.250. The third-order valence-corrected chi connectivity index (χ3v) is 10.5. The molecule has 0 radical (unpaired) electrons. The summed E-state index contributed by atoms with van der Waals surface area (Å²) in [7, 11) is 0. The number of aromatic hydroxyl groups is 12. The molecule has 0 amide bonds. The summed E-state index contributed by atoms with van der Waals surface area (Å²) in [6, 6.07) is 5.95. The van der Waals surface area contributed by atoms with Gasteiger partial charge in [-0.15, -0.1) is 0 Å². The summed E-state index contributed by atoms with van der Waals surface area (Å²) in [4.78, 5) is 0. The molecule has 0 aliphatic carbocycles. The maximum Gasteiger partial charge on any atom is 0.130 e. The van der Waals surface area contributed by atoms with Crippen LogP contribution in [0.5, 0.6) is 69.0 Å². The van der Waals surface area contributed by atoms with Crippen LogP contribution >= 0.6 is 0 Å². The largest absolute Gasteiger partial charge is 0.507 e. The first-order chi connectivity index (χ1) is 24.2. The molecule has 5 aromatic carbocycles. The second-order valence-electron chi connectivity index (χ2n) is 13.4. The monoisotopic (exact) mass is 714 g/mol. The lowest BCUT2D eigenvalue weighted by Gasteiger charge is -2.28. The Labute approximate surface area is 299 Å². The molecule has 12 heteroatoms. The van der Waals surface area contributed by atoms with Crippen molar-refractivity contribution in [2.45, 2.75) is 67.2 Å². The van der Waals surface area contributed by atoms with E-state index < -0.39 is 57.8 Å². The van der Waals surface area contributed by atoms with Crippen LogP contribution in [0, 0.1) is 55.4 Å². The van der Waals surface area contributed by atoms with Gasteiger partial charge in [0.25, 0.3) is 0 Å². The second kappa shape index (κ2) is 12.8. The van der Waals surface area contributed by atoms with E-state index in [1.165, 1.54) is 79.7 Å². The van der Waals surface area contributed by atoms with Crippen molar-refractivity contribution in [3.63, 3.8) is 0 Å². The van der Waals surface area contributed by atoms with Crippen molar-refractivity contribution < 1.29 is 61.3 Å². The summed E-state index contributed by atoms with van der Waals surface area (Å²) < 4.78 is 0. The number of hydrogen-bond donors (Lipinski definition) is 12. The number of benzene rings is 5. The van der Waals surface area contributed by atoms with E-state index in [0.717, 1.165) is 0 Å². The highest BCUT2D eigenvalue weighted by molar-refractivity contribution is 5.73. The van der Waals surface area contributed by atoms with E-state index in [1.54, 1.807) is 0 Å². The predicted molar refractivity (Wildman–Crippen MR) is 192 cm³/mol. The van der Waals surface area contributed by atoms with Gasteiger partial charge in [-0.3, -0.25) is 0 Å². The highest BCUT2D eigenvalue weighted by Gasteiger charge is 2.37. The number of rotatable bonds is 6. The molecule has 0 saturated heterocycles. The third-order valence-electron chi connectivity index (χ3n) is 10.5. The fourth-order valence-electron chi connectivity index (χ4n) is 7.02. The molecule has 0 aliphatic heterocycles. The molecule has 0 atom stereocenters. The molecule has 0 unspecified atom stereocenters. The summed E-state index contributed by atoms with van der Waals surface area (Å²) in [5.74, 6) is -8.49. The van der Waals surface area contributed by atoms with Crippen molar-refractivity contribution in [2.24, 2.45) is 0 Å². The van der Waals surface area contributed by atoms with Crippen LogP contribution in [0.4, 0.5) is 0 Å². The normalized spacial score (nSPS) is 11.6. The molecular formula is C40H42O12. The van der Waals surface area contributed by atoms with Crippen molar-refractivity contribution in [1.82, 2.24) is 0 Å². The van der Waals surface area contributed by atoms with Crippen LogP contribution in [0.25, 0.3) is 0 Å². The second-order valence-corrected chi connectivity index (χ2v) is 13.4. The molecular weight excluding hydrogens is 672 g/mol. The van der Waals surface area contributed by atoms with E-state index in [2.05, 4.69) is 0 Å². The summed E-state index contributed by atoms with van der Waals surface area (Å²) in [6.07, 6.45) is 0. The van der Waals surface area contributed by atoms with Crippen molar-refractivity contribution >= 4 is 0 Å². The Hall–Kier alpha value is -6.30. The Bertz CT molecular complexity index is 1890. The summed E-state index contributed by atoms with van der Waals surface area (Å²) in [6.45, 7) is 11.3. The Morgan fingerprint density at radius 3 is 0.519 bits per heavy atom. The minimum Gasteiger partial charge on any atom is -0.507 e. The highest BCUT2D eigenvalue weighted by atomic mass is 16.3. The van der Waals surface area contributed by atoms with Crippen LogP contribution in [-0.2, 0) is 0 Å². The molecule has 52 heavy (non-hydrogen) atoms. The van der Waals surface area contributed by atoms with Crippen LogP contribution in [0.2, 0.25) is 0 Å². The Morgan fingerprint density at radius 1 is 0.250 bits per heavy atom. The SMILES string of the molecule is Cc1c(O)c(C)c(O)c(C(c2ccc(C(c3c(O)c(C)c(O)c(C)c3O)c3c(O)c(C)c(O)c(C)c3O)cc2)c2c(O)c(C)c(O)c(C)c2O)c1O. The van der Waals surface area contributed by atoms with Gasteiger partial charge in [0.05, 0.1) is 0 Å². The van der Waals surface area contributed by atoms with Crippen molar-refractivity contribution in [3.05, 3.63) is 102 Å². The van der Waals surface area contributed by atoms with Gasteiger partial charge in [0.2, 0.25) is 0 Å². The molecule has 12 nitrogen and oxygen atoms in total. The Kier molecular flexibility index (Phi) is 9.09. The van der Waals surface area contributed by atoms with E-state index in [9.17, 15) is 61.3 Å². The smallest absolute Gasteiger partial charge is 0.130 e. The van der Waals surface area contributed by atoms with Gasteiger partial charge < -0.3 is 61.3 Å². The van der Waals surface area contributed by atoms with Crippen LogP contribution in [0.1, 0.15) is 89.7 Å². The lowest BCUT2D eigenvalue weighted by atomic mass is 9.77. The van der Waals surface area contributed by atoms with Crippen molar-refractivity contribution in [1.29, 1.82) is 0 Å². The molecule has 0 saturated carbocycles. The Balaban J connectivity index is 1.89. The van der Waals surface area contributed by atoms with Gasteiger partial charge in [0.15, 0.2) is 0 Å². The fourth-order valence-corrected chi connectivity index (χ4v) is 7.02. The summed E-state index contributed by atoms with van der Waals surface area (Å²) >= 11 is 0. The minimum atomic E-state index is -1.34. The van der Waals surface area contributed by atoms with Crippen LogP contribution in [0.3, 0.4) is 0 Å². The topological polar surface area (TPSA) is 243 Å². The number of phenols is 12. The molecule has 0 heterocycles. The van der Waals surface area contributed by atoms with Gasteiger partial charge in [-0.2, -0.15) is 0 Å². The van der Waals surface area contributed by atoms with Crippen LogP contribution in [0.15, 0.2) is 24.3 Å². The first kappa shape index (κ1) is 37.0. The maximum atomic E-state index is 11.4. The van der Waals surface area contributed by atoms with Crippen LogP contribution < -0.4 is 0 Å². The highest BCUT2D eigenvalue weighted by Crippen LogP contribution is 2.57. The number of hydrogen-bond acceptors (Lipinski definition) is 12. The molecule has 5 rings (SSSR count). The number of phenolic OH excluding ortho intramolecular Hbond substituents is 12. The standard InChI is InChI=1S/C40H42O12/c1-13-29(41)14(2)34(46)25(33(13)45)23(26-35(47)15(3)30(42)16(4)36(26)48)21-9-11-22(12-10-21)24(27-37(49)17(5)31(43)18(6)38(27)50)28-39(51)19(7)32(44)20(8)40(28)52/h9-12,23-24,41-52H,1-8H3. The lowest BCUT2D eigenvalue weighted by Crippen LogP contribution is -2.10. The molecule has 0 aromatic heterocycles. The van der Waals surface area contributed by atoms with Gasteiger partial charge in [-0.1, -0.05) is 24.3 Å². The van der Waals surface area contributed by atoms with Gasteiger partial charge in [0.1, 0.15) is 69.0 Å². The van der Waals surface area contributed by atoms with Gasteiger partial charge in [-0.25, -0.2) is 0 Å². The van der Waals surface area contributed by atoms with E-state index in [1.807, 2.05) is 0 Å². The first-order valence-electron chi connectivity index (χ1n) is 16.2. The molecule has 12 N–H and O–H groups in total. The van der Waals surface area contributed by atoms with Crippen molar-refractivity contribution in [2.75, 3.05) is 0 Å². The molecule has 5 aromatic rings. The van der Waals surface area contributed by atoms with Crippen molar-refractivity contribution in [3.8, 4) is 69.0 Å². The van der Waals surface area contributed by atoms with E-state index in [4.69, 9.17) is 0 Å². The average molecular weight is 715 g/mol. The predicted octanol–water partition coefficient (Wildman–Crippen LogP) is 6.98. The van der Waals surface area contributed by atoms with E-state index in [0.29, 0.717) is 0 Å². The maximum absolute atomic E-state index is 11.4. The van der Waals surface area contributed by atoms with Gasteiger partial charge >= 0.3 is 0 Å². The van der Waals surface area contributed by atoms with E-state index in [-0.39, 0.29) is 101 Å². The third kappa shape index (κ3) is 5.21. The van der Waals surface area contributed by atoms with Gasteiger partial charge in [0, 0.05) is 78.6 Å². The van der Waals surface area contributed by atoms with Crippen LogP contribution in [-0.4, -0.2) is 61.3 Å². The molecule has 0 spiro atoms.